The van der Waals surface area contributed by atoms with E-state index < -0.39 is 88.9 Å². The normalized spacial score (nSPS) is 45.8. The molecule has 10 heteroatoms. The predicted octanol–water partition coefficient (Wildman–Crippen LogP) is 3.70. The molecule has 47 heavy (non-hydrogen) atoms. The summed E-state index contributed by atoms with van der Waals surface area (Å²) in [5, 5.41) is 34.9. The summed E-state index contributed by atoms with van der Waals surface area (Å²) in [6, 6.07) is 8.57. The Balaban J connectivity index is 1.41. The van der Waals surface area contributed by atoms with Gasteiger partial charge in [0.1, 0.15) is 30.0 Å². The van der Waals surface area contributed by atoms with E-state index in [0.29, 0.717) is 11.1 Å². The molecule has 3 N–H and O–H groups in total. The van der Waals surface area contributed by atoms with Crippen molar-refractivity contribution in [2.75, 3.05) is 6.61 Å². The topological polar surface area (TPSA) is 144 Å². The maximum atomic E-state index is 13.8. The monoisotopic (exact) mass is 648 g/mol. The standard InChI is InChI=1S/C37H44O10/c1-6-7-8-9-10-11-15-18-34-45-30-26-29-33(20-38,44-29)32(41)35(42)25(19-22(4)27(35)39)37(26,47-34)23(5)28(36(30,46-34)21(2)3)43-31(40)24-16-13-12-14-17-24/h10-19,23,25-26,28-30,32,38,41-42H,2,6-9,20H2,1,3-5H3/b11-10+,18-15+. The van der Waals surface area contributed by atoms with Crippen molar-refractivity contribution in [2.45, 2.75) is 106 Å². The van der Waals surface area contributed by atoms with Crippen LogP contribution in [0.2, 0.25) is 0 Å². The van der Waals surface area contributed by atoms with Crippen LogP contribution in [0.3, 0.4) is 0 Å². The minimum absolute atomic E-state index is 0.238. The van der Waals surface area contributed by atoms with Gasteiger partial charge in [-0.2, -0.15) is 0 Å². The van der Waals surface area contributed by atoms with E-state index in [0.717, 1.165) is 25.7 Å². The minimum Gasteiger partial charge on any atom is -0.455 e. The maximum Gasteiger partial charge on any atom is 0.338 e. The van der Waals surface area contributed by atoms with Crippen LogP contribution in [0.4, 0.5) is 0 Å². The molecular weight excluding hydrogens is 604 g/mol. The summed E-state index contributed by atoms with van der Waals surface area (Å²) in [7, 11) is 0. The van der Waals surface area contributed by atoms with Gasteiger partial charge < -0.3 is 39.0 Å². The Hall–Kier alpha value is -2.96. The Kier molecular flexibility index (Phi) is 7.65. The smallest absolute Gasteiger partial charge is 0.338 e. The number of esters is 1. The number of ketones is 1. The van der Waals surface area contributed by atoms with Gasteiger partial charge in [0, 0.05) is 23.8 Å². The van der Waals surface area contributed by atoms with Crippen molar-refractivity contribution in [2.24, 2.45) is 17.8 Å². The van der Waals surface area contributed by atoms with E-state index in [2.05, 4.69) is 13.5 Å². The molecule has 0 radical (unpaired) electrons. The maximum absolute atomic E-state index is 13.8. The van der Waals surface area contributed by atoms with Crippen molar-refractivity contribution in [1.29, 1.82) is 0 Å². The highest BCUT2D eigenvalue weighted by Crippen LogP contribution is 2.73. The Morgan fingerprint density at radius 1 is 1.11 bits per heavy atom. The largest absolute Gasteiger partial charge is 0.455 e. The number of Topliss-reactive ketones (excluding diaryl/α,β-unsaturated/α-hetero) is 1. The fraction of sp³-hybridized carbons (Fsp3) is 0.568. The molecular formula is C37H44O10. The number of allylic oxidation sites excluding steroid dienone is 3. The number of aliphatic hydroxyl groups is 3. The van der Waals surface area contributed by atoms with Crippen molar-refractivity contribution in [3.05, 3.63) is 84.0 Å². The Bertz CT molecular complexity index is 1570. The molecule has 3 aliphatic heterocycles. The molecule has 3 aliphatic carbocycles. The third kappa shape index (κ3) is 4.16. The lowest BCUT2D eigenvalue weighted by atomic mass is 9.53. The van der Waals surface area contributed by atoms with Gasteiger partial charge in [0.25, 0.3) is 0 Å². The number of epoxide rings is 1. The number of carbonyl (C=O) groups is 2. The van der Waals surface area contributed by atoms with Gasteiger partial charge in [-0.3, -0.25) is 4.79 Å². The Morgan fingerprint density at radius 3 is 2.53 bits per heavy atom. The van der Waals surface area contributed by atoms with Crippen LogP contribution >= 0.6 is 0 Å². The number of unbranched alkanes of at least 4 members (excludes halogenated alkanes) is 3. The lowest BCUT2D eigenvalue weighted by Gasteiger charge is -2.61. The molecule has 5 fully saturated rings. The zero-order chi connectivity index (χ0) is 33.6. The molecule has 252 valence electrons. The molecule has 1 aromatic rings. The Labute approximate surface area is 274 Å². The van der Waals surface area contributed by atoms with E-state index in [9.17, 15) is 24.9 Å². The number of hydrogen-bond donors (Lipinski definition) is 3. The molecule has 3 saturated heterocycles. The number of aliphatic hydroxyl groups excluding tert-OH is 2. The van der Waals surface area contributed by atoms with Crippen molar-refractivity contribution in [3.8, 4) is 0 Å². The molecule has 3 heterocycles. The molecule has 7 rings (SSSR count). The van der Waals surface area contributed by atoms with Gasteiger partial charge in [-0.05, 0) is 50.0 Å². The molecule has 3 bridgehead atoms. The average molecular weight is 649 g/mol. The van der Waals surface area contributed by atoms with Crippen LogP contribution in [0.15, 0.2) is 78.4 Å². The highest BCUT2D eigenvalue weighted by molar-refractivity contribution is 6.05. The first-order valence-corrected chi connectivity index (χ1v) is 16.7. The quantitative estimate of drug-likeness (QED) is 0.113. The van der Waals surface area contributed by atoms with Crippen LogP contribution in [0.5, 0.6) is 0 Å². The lowest BCUT2D eigenvalue weighted by molar-refractivity contribution is -0.407. The molecule has 0 spiro atoms. The first-order valence-electron chi connectivity index (χ1n) is 16.7. The van der Waals surface area contributed by atoms with E-state index in [1.807, 2.05) is 19.1 Å². The number of hydrogen-bond acceptors (Lipinski definition) is 10. The third-order valence-electron chi connectivity index (χ3n) is 11.5. The van der Waals surface area contributed by atoms with Gasteiger partial charge in [-0.1, -0.05) is 75.8 Å². The molecule has 1 aromatic carbocycles. The SMILES string of the molecule is C=C(C)C12OC3(/C=C/C=C/CCCCC)OC1C1C4OC4(CO)C(O)C4(O)C(=O)C(C)=CC4C1(O3)C(C)C2OC(=O)c1ccccc1. The van der Waals surface area contributed by atoms with Crippen LogP contribution < -0.4 is 0 Å². The molecule has 12 atom stereocenters. The Morgan fingerprint density at radius 2 is 1.85 bits per heavy atom. The van der Waals surface area contributed by atoms with E-state index in [1.54, 1.807) is 62.4 Å². The van der Waals surface area contributed by atoms with E-state index in [1.165, 1.54) is 0 Å². The molecule has 2 saturated carbocycles. The minimum atomic E-state index is -2.41. The molecule has 10 nitrogen and oxygen atoms in total. The summed E-state index contributed by atoms with van der Waals surface area (Å²) in [4.78, 5) is 27.6. The first kappa shape index (κ1) is 32.6. The molecule has 12 unspecified atom stereocenters. The number of benzene rings is 1. The number of carbonyl (C=O) groups excluding carboxylic acids is 2. The zero-order valence-corrected chi connectivity index (χ0v) is 27.3. The fourth-order valence-electron chi connectivity index (χ4n) is 9.24. The second-order valence-electron chi connectivity index (χ2n) is 14.1. The van der Waals surface area contributed by atoms with Gasteiger partial charge in [0.2, 0.25) is 0 Å². The predicted molar refractivity (Wildman–Crippen MR) is 169 cm³/mol. The summed E-state index contributed by atoms with van der Waals surface area (Å²) in [6.07, 6.45) is 8.51. The number of fused-ring (bicyclic) bond motifs is 3. The molecule has 0 aromatic heterocycles. The van der Waals surface area contributed by atoms with E-state index in [4.69, 9.17) is 23.7 Å². The average Bonchev–Trinajstić information content (AvgIpc) is 3.69. The van der Waals surface area contributed by atoms with Gasteiger partial charge in [-0.15, -0.1) is 0 Å². The van der Waals surface area contributed by atoms with Crippen molar-refractivity contribution in [1.82, 2.24) is 0 Å². The van der Waals surface area contributed by atoms with Gasteiger partial charge in [0.15, 0.2) is 17.0 Å². The fourth-order valence-corrected chi connectivity index (χ4v) is 9.24. The first-order chi connectivity index (χ1) is 22.4. The van der Waals surface area contributed by atoms with E-state index in [-0.39, 0.29) is 5.57 Å². The second kappa shape index (κ2) is 11.0. The van der Waals surface area contributed by atoms with Gasteiger partial charge in [-0.25, -0.2) is 4.79 Å². The lowest BCUT2D eigenvalue weighted by Crippen LogP contribution is -2.76. The van der Waals surface area contributed by atoms with Crippen molar-refractivity contribution >= 4 is 11.8 Å². The number of ether oxygens (including phenoxy) is 5. The molecule has 6 aliphatic rings. The van der Waals surface area contributed by atoms with Crippen molar-refractivity contribution < 1.29 is 48.6 Å². The van der Waals surface area contributed by atoms with Crippen LogP contribution in [0.25, 0.3) is 0 Å². The van der Waals surface area contributed by atoms with E-state index >= 15 is 0 Å². The van der Waals surface area contributed by atoms with Gasteiger partial charge in [0.05, 0.1) is 17.8 Å². The number of rotatable bonds is 10. The summed E-state index contributed by atoms with van der Waals surface area (Å²) in [6.45, 7) is 11.0. The highest BCUT2D eigenvalue weighted by atomic mass is 16.9. The summed E-state index contributed by atoms with van der Waals surface area (Å²) >= 11 is 0. The summed E-state index contributed by atoms with van der Waals surface area (Å²) in [5.74, 6) is -5.81. The van der Waals surface area contributed by atoms with Crippen LogP contribution in [-0.4, -0.2) is 86.5 Å². The van der Waals surface area contributed by atoms with Crippen LogP contribution in [-0.2, 0) is 28.5 Å². The summed E-state index contributed by atoms with van der Waals surface area (Å²) in [5.41, 5.74) is -6.01. The van der Waals surface area contributed by atoms with Crippen molar-refractivity contribution in [3.63, 3.8) is 0 Å². The third-order valence-corrected chi connectivity index (χ3v) is 11.5. The highest BCUT2D eigenvalue weighted by Gasteiger charge is 2.90. The van der Waals surface area contributed by atoms with Crippen LogP contribution in [0.1, 0.15) is 63.7 Å². The van der Waals surface area contributed by atoms with Gasteiger partial charge >= 0.3 is 11.9 Å². The zero-order valence-electron chi connectivity index (χ0n) is 27.3. The summed E-state index contributed by atoms with van der Waals surface area (Å²) < 4.78 is 33.2. The molecule has 0 amide bonds. The second-order valence-corrected chi connectivity index (χ2v) is 14.1. The van der Waals surface area contributed by atoms with Crippen LogP contribution in [0, 0.1) is 17.8 Å².